The van der Waals surface area contributed by atoms with E-state index in [2.05, 4.69) is 62.7 Å². The highest BCUT2D eigenvalue weighted by Gasteiger charge is 2.09. The van der Waals surface area contributed by atoms with Gasteiger partial charge in [0.1, 0.15) is 0 Å². The van der Waals surface area contributed by atoms with Crippen molar-refractivity contribution in [3.05, 3.63) is 46.2 Å². The monoisotopic (exact) mass is 308 g/mol. The first-order chi connectivity index (χ1) is 8.70. The highest BCUT2D eigenvalue weighted by atomic mass is 79.9. The molecule has 1 aromatic heterocycles. The fourth-order valence-electron chi connectivity index (χ4n) is 1.89. The van der Waals surface area contributed by atoms with Gasteiger partial charge in [0, 0.05) is 24.1 Å². The van der Waals surface area contributed by atoms with Crippen LogP contribution in [0.3, 0.4) is 0 Å². The molecule has 1 aromatic carbocycles. The second-order valence-electron chi connectivity index (χ2n) is 4.24. The van der Waals surface area contributed by atoms with Gasteiger partial charge in [-0.25, -0.2) is 0 Å². The van der Waals surface area contributed by atoms with E-state index in [0.29, 0.717) is 6.04 Å². The first-order valence-corrected chi connectivity index (χ1v) is 6.82. The van der Waals surface area contributed by atoms with Crippen LogP contribution in [0, 0.1) is 0 Å². The summed E-state index contributed by atoms with van der Waals surface area (Å²) >= 11 is 3.46. The number of rotatable bonds is 5. The summed E-state index contributed by atoms with van der Waals surface area (Å²) in [6.07, 6.45) is 2.84. The Balaban J connectivity index is 2.01. The smallest absolute Gasteiger partial charge is 0.0738 e. The molecule has 0 radical (unpaired) electrons. The van der Waals surface area contributed by atoms with Gasteiger partial charge in [-0.2, -0.15) is 0 Å². The van der Waals surface area contributed by atoms with Crippen LogP contribution in [0.15, 0.2) is 34.9 Å². The van der Waals surface area contributed by atoms with Crippen LogP contribution in [0.5, 0.6) is 0 Å². The maximum absolute atomic E-state index is 3.93. The second-order valence-corrected chi connectivity index (χ2v) is 5.16. The maximum atomic E-state index is 3.93. The molecule has 0 aliphatic heterocycles. The van der Waals surface area contributed by atoms with Crippen molar-refractivity contribution in [2.24, 2.45) is 7.05 Å². The summed E-state index contributed by atoms with van der Waals surface area (Å²) in [6, 6.07) is 8.80. The van der Waals surface area contributed by atoms with E-state index in [1.807, 2.05) is 7.05 Å². The van der Waals surface area contributed by atoms with E-state index < -0.39 is 0 Å². The zero-order chi connectivity index (χ0) is 13.0. The molecule has 2 rings (SSSR count). The van der Waals surface area contributed by atoms with E-state index in [0.717, 1.165) is 23.1 Å². The summed E-state index contributed by atoms with van der Waals surface area (Å²) in [7, 11) is 1.91. The minimum Gasteiger partial charge on any atom is -0.304 e. The van der Waals surface area contributed by atoms with Crippen molar-refractivity contribution in [3.8, 4) is 0 Å². The molecule has 0 bridgehead atoms. The van der Waals surface area contributed by atoms with Gasteiger partial charge in [0.2, 0.25) is 0 Å². The van der Waals surface area contributed by atoms with Crippen LogP contribution in [0.2, 0.25) is 0 Å². The molecule has 1 atom stereocenters. The highest BCUT2D eigenvalue weighted by molar-refractivity contribution is 9.10. The van der Waals surface area contributed by atoms with Crippen molar-refractivity contribution in [1.29, 1.82) is 0 Å². The molecule has 0 aliphatic rings. The fourth-order valence-corrected chi connectivity index (χ4v) is 2.16. The molecule has 0 spiro atoms. The van der Waals surface area contributed by atoms with Crippen LogP contribution in [0.4, 0.5) is 0 Å². The first kappa shape index (κ1) is 13.2. The van der Waals surface area contributed by atoms with Crippen LogP contribution >= 0.6 is 15.9 Å². The molecule has 96 valence electrons. The van der Waals surface area contributed by atoms with Gasteiger partial charge >= 0.3 is 0 Å². The molecule has 0 saturated carbocycles. The molecule has 0 fully saturated rings. The van der Waals surface area contributed by atoms with Crippen molar-refractivity contribution < 1.29 is 0 Å². The third-order valence-corrected chi connectivity index (χ3v) is 3.55. The normalized spacial score (nSPS) is 12.6. The number of hydrogen-bond acceptors (Lipinski definition) is 3. The van der Waals surface area contributed by atoms with E-state index in [-0.39, 0.29) is 0 Å². The van der Waals surface area contributed by atoms with Crippen LogP contribution in [-0.2, 0) is 13.6 Å². The quantitative estimate of drug-likeness (QED) is 0.923. The average molecular weight is 309 g/mol. The van der Waals surface area contributed by atoms with Gasteiger partial charge < -0.3 is 5.32 Å². The van der Waals surface area contributed by atoms with Crippen molar-refractivity contribution in [2.45, 2.75) is 25.9 Å². The first-order valence-electron chi connectivity index (χ1n) is 6.03. The van der Waals surface area contributed by atoms with E-state index in [1.54, 1.807) is 10.9 Å². The lowest BCUT2D eigenvalue weighted by atomic mass is 10.0. The van der Waals surface area contributed by atoms with E-state index in [1.165, 1.54) is 5.56 Å². The fraction of sp³-hybridized carbons (Fsp3) is 0.385. The van der Waals surface area contributed by atoms with Gasteiger partial charge in [-0.05, 0) is 24.1 Å². The molecule has 1 heterocycles. The van der Waals surface area contributed by atoms with Crippen LogP contribution in [0.25, 0.3) is 0 Å². The molecule has 1 unspecified atom stereocenters. The average Bonchev–Trinajstić information content (AvgIpc) is 2.78. The lowest BCUT2D eigenvalue weighted by Crippen LogP contribution is -2.21. The van der Waals surface area contributed by atoms with Gasteiger partial charge in [-0.15, -0.1) is 5.10 Å². The minimum absolute atomic E-state index is 0.355. The van der Waals surface area contributed by atoms with Crippen molar-refractivity contribution in [1.82, 2.24) is 20.3 Å². The Morgan fingerprint density at radius 1 is 1.33 bits per heavy atom. The topological polar surface area (TPSA) is 42.7 Å². The third-order valence-electron chi connectivity index (χ3n) is 3.02. The zero-order valence-electron chi connectivity index (χ0n) is 10.6. The summed E-state index contributed by atoms with van der Waals surface area (Å²) < 4.78 is 2.90. The number of halogens is 1. The van der Waals surface area contributed by atoms with Gasteiger partial charge in [0.15, 0.2) is 0 Å². The van der Waals surface area contributed by atoms with E-state index >= 15 is 0 Å². The summed E-state index contributed by atoms with van der Waals surface area (Å²) in [5.41, 5.74) is 2.39. The van der Waals surface area contributed by atoms with E-state index in [4.69, 9.17) is 0 Å². The number of hydrogen-bond donors (Lipinski definition) is 1. The van der Waals surface area contributed by atoms with Crippen molar-refractivity contribution in [2.75, 3.05) is 0 Å². The molecule has 4 nitrogen and oxygen atoms in total. The molecule has 0 aliphatic carbocycles. The molecular weight excluding hydrogens is 292 g/mol. The number of aryl methyl sites for hydroxylation is 1. The van der Waals surface area contributed by atoms with Gasteiger partial charge in [-0.3, -0.25) is 4.68 Å². The summed E-state index contributed by atoms with van der Waals surface area (Å²) in [5, 5.41) is 11.3. The standard InChI is InChI=1S/C13H17BrN4/c1-3-13(10-4-6-11(14)7-5-10)15-8-12-9-16-17-18(12)2/h4-7,9,13,15H,3,8H2,1-2H3. The minimum atomic E-state index is 0.355. The Morgan fingerprint density at radius 3 is 2.61 bits per heavy atom. The lowest BCUT2D eigenvalue weighted by molar-refractivity contribution is 0.502. The zero-order valence-corrected chi connectivity index (χ0v) is 12.2. The predicted octanol–water partition coefficient (Wildman–Crippen LogP) is 2.82. The van der Waals surface area contributed by atoms with Crippen molar-refractivity contribution >= 4 is 15.9 Å². The van der Waals surface area contributed by atoms with Crippen LogP contribution < -0.4 is 5.32 Å². The van der Waals surface area contributed by atoms with Crippen LogP contribution in [-0.4, -0.2) is 15.0 Å². The van der Waals surface area contributed by atoms with Crippen LogP contribution in [0.1, 0.15) is 30.6 Å². The summed E-state index contributed by atoms with van der Waals surface area (Å²) in [5.74, 6) is 0. The number of nitrogens with one attached hydrogen (secondary N) is 1. The molecule has 18 heavy (non-hydrogen) atoms. The van der Waals surface area contributed by atoms with Gasteiger partial charge in [0.25, 0.3) is 0 Å². The molecule has 0 saturated heterocycles. The molecule has 0 amide bonds. The third kappa shape index (κ3) is 3.17. The number of aromatic nitrogens is 3. The maximum Gasteiger partial charge on any atom is 0.0738 e. The number of nitrogens with zero attached hydrogens (tertiary/aromatic N) is 3. The number of benzene rings is 1. The lowest BCUT2D eigenvalue weighted by Gasteiger charge is -2.17. The SMILES string of the molecule is CCC(NCc1cnnn1C)c1ccc(Br)cc1. The molecule has 2 aromatic rings. The Labute approximate surface area is 116 Å². The van der Waals surface area contributed by atoms with Gasteiger partial charge in [-0.1, -0.05) is 40.2 Å². The molecule has 5 heteroatoms. The van der Waals surface area contributed by atoms with E-state index in [9.17, 15) is 0 Å². The Kier molecular flexibility index (Phi) is 4.49. The summed E-state index contributed by atoms with van der Waals surface area (Å²) in [4.78, 5) is 0. The largest absolute Gasteiger partial charge is 0.304 e. The highest BCUT2D eigenvalue weighted by Crippen LogP contribution is 2.19. The van der Waals surface area contributed by atoms with Crippen molar-refractivity contribution in [3.63, 3.8) is 0 Å². The Bertz CT molecular complexity index is 492. The van der Waals surface area contributed by atoms with Gasteiger partial charge in [0.05, 0.1) is 11.9 Å². The molecule has 1 N–H and O–H groups in total. The Hall–Kier alpha value is -1.20. The predicted molar refractivity (Wildman–Crippen MR) is 75.0 cm³/mol. The molecular formula is C13H17BrN4. The Morgan fingerprint density at radius 2 is 2.06 bits per heavy atom. The second kappa shape index (κ2) is 6.11. The summed E-state index contributed by atoms with van der Waals surface area (Å²) in [6.45, 7) is 2.96.